The molecule has 5 heteroatoms. The number of hydrogen-bond donors (Lipinski definition) is 1. The van der Waals surface area contributed by atoms with E-state index in [9.17, 15) is 4.79 Å². The lowest BCUT2D eigenvalue weighted by Crippen LogP contribution is -2.45. The van der Waals surface area contributed by atoms with Gasteiger partial charge in [0.05, 0.1) is 12.2 Å². The van der Waals surface area contributed by atoms with E-state index < -0.39 is 0 Å². The van der Waals surface area contributed by atoms with Crippen molar-refractivity contribution >= 4 is 5.91 Å². The average molecular weight is 348 g/mol. The van der Waals surface area contributed by atoms with Crippen molar-refractivity contribution in [1.82, 2.24) is 10.2 Å². The van der Waals surface area contributed by atoms with Crippen molar-refractivity contribution in [2.24, 2.45) is 5.92 Å². The van der Waals surface area contributed by atoms with Crippen LogP contribution in [0.5, 0.6) is 5.75 Å². The van der Waals surface area contributed by atoms with Gasteiger partial charge in [-0.05, 0) is 37.8 Å². The number of benzene rings is 1. The summed E-state index contributed by atoms with van der Waals surface area (Å²) < 4.78 is 11.0. The van der Waals surface area contributed by atoms with Crippen LogP contribution >= 0.6 is 0 Å². The molecule has 0 aromatic heterocycles. The first-order valence-corrected chi connectivity index (χ1v) is 9.43. The predicted octanol–water partition coefficient (Wildman–Crippen LogP) is 2.95. The molecular formula is C20H32N2O3. The van der Waals surface area contributed by atoms with E-state index in [1.807, 2.05) is 31.2 Å². The van der Waals surface area contributed by atoms with E-state index >= 15 is 0 Å². The summed E-state index contributed by atoms with van der Waals surface area (Å²) >= 11 is 0. The number of piperidine rings is 1. The largest absolute Gasteiger partial charge is 0.490 e. The van der Waals surface area contributed by atoms with Crippen LogP contribution in [0.3, 0.4) is 0 Å². The minimum absolute atomic E-state index is 0.0469. The van der Waals surface area contributed by atoms with Crippen LogP contribution in [0.2, 0.25) is 0 Å². The van der Waals surface area contributed by atoms with E-state index in [-0.39, 0.29) is 11.9 Å². The number of amides is 1. The van der Waals surface area contributed by atoms with Gasteiger partial charge in [0.2, 0.25) is 0 Å². The Morgan fingerprint density at radius 1 is 1.24 bits per heavy atom. The van der Waals surface area contributed by atoms with E-state index in [0.29, 0.717) is 37.1 Å². The molecule has 1 N–H and O–H groups in total. The van der Waals surface area contributed by atoms with Crippen molar-refractivity contribution in [3.8, 4) is 5.75 Å². The van der Waals surface area contributed by atoms with Gasteiger partial charge in [0.1, 0.15) is 12.4 Å². The molecule has 0 radical (unpaired) electrons. The van der Waals surface area contributed by atoms with Gasteiger partial charge in [-0.1, -0.05) is 26.0 Å². The third kappa shape index (κ3) is 6.67. The molecule has 0 unspecified atom stereocenters. The maximum absolute atomic E-state index is 12.6. The highest BCUT2D eigenvalue weighted by Crippen LogP contribution is 2.19. The predicted molar refractivity (Wildman–Crippen MR) is 100 cm³/mol. The number of nitrogens with zero attached hydrogens (tertiary/aromatic N) is 1. The molecule has 0 atom stereocenters. The number of hydrogen-bond acceptors (Lipinski definition) is 4. The molecule has 1 aliphatic rings. The van der Waals surface area contributed by atoms with Crippen LogP contribution in [-0.2, 0) is 4.74 Å². The third-order valence-electron chi connectivity index (χ3n) is 4.37. The molecule has 5 nitrogen and oxygen atoms in total. The molecule has 140 valence electrons. The molecule has 1 heterocycles. The van der Waals surface area contributed by atoms with Gasteiger partial charge in [-0.15, -0.1) is 0 Å². The fourth-order valence-corrected chi connectivity index (χ4v) is 3.17. The molecular weight excluding hydrogens is 316 g/mol. The number of ether oxygens (including phenoxy) is 2. The molecule has 1 saturated heterocycles. The van der Waals surface area contributed by atoms with Crippen molar-refractivity contribution in [3.63, 3.8) is 0 Å². The van der Waals surface area contributed by atoms with Gasteiger partial charge in [0, 0.05) is 32.3 Å². The number of likely N-dealkylation sites (tertiary alicyclic amines) is 1. The quantitative estimate of drug-likeness (QED) is 0.697. The number of para-hydroxylation sites is 1. The standard InChI is InChI=1S/C20H32N2O3/c1-4-24-13-14-25-19-8-6-5-7-18(19)20(23)21-17-9-11-22(12-10-17)15-16(2)3/h5-8,16-17H,4,9-15H2,1-3H3,(H,21,23). The van der Waals surface area contributed by atoms with Crippen molar-refractivity contribution in [2.75, 3.05) is 39.5 Å². The van der Waals surface area contributed by atoms with Crippen molar-refractivity contribution in [1.29, 1.82) is 0 Å². The summed E-state index contributed by atoms with van der Waals surface area (Å²) in [7, 11) is 0. The fourth-order valence-electron chi connectivity index (χ4n) is 3.17. The molecule has 0 saturated carbocycles. The molecule has 1 fully saturated rings. The number of carbonyl (C=O) groups excluding carboxylic acids is 1. The fraction of sp³-hybridized carbons (Fsp3) is 0.650. The second-order valence-corrected chi connectivity index (χ2v) is 6.98. The summed E-state index contributed by atoms with van der Waals surface area (Å²) in [5.41, 5.74) is 0.601. The highest BCUT2D eigenvalue weighted by molar-refractivity contribution is 5.97. The highest BCUT2D eigenvalue weighted by Gasteiger charge is 2.22. The van der Waals surface area contributed by atoms with E-state index in [4.69, 9.17) is 9.47 Å². The normalized spacial score (nSPS) is 16.2. The third-order valence-corrected chi connectivity index (χ3v) is 4.37. The molecule has 1 amide bonds. The Kier molecular flexibility index (Phi) is 8.22. The Hall–Kier alpha value is -1.59. The highest BCUT2D eigenvalue weighted by atomic mass is 16.5. The van der Waals surface area contributed by atoms with Gasteiger partial charge in [-0.2, -0.15) is 0 Å². The van der Waals surface area contributed by atoms with E-state index in [0.717, 1.165) is 32.5 Å². The van der Waals surface area contributed by atoms with Gasteiger partial charge in [0.15, 0.2) is 0 Å². The Bertz CT molecular complexity index is 525. The van der Waals surface area contributed by atoms with Gasteiger partial charge in [-0.3, -0.25) is 4.79 Å². The van der Waals surface area contributed by atoms with Gasteiger partial charge < -0.3 is 19.7 Å². The summed E-state index contributed by atoms with van der Waals surface area (Å²) in [4.78, 5) is 15.1. The Morgan fingerprint density at radius 2 is 1.96 bits per heavy atom. The lowest BCUT2D eigenvalue weighted by molar-refractivity contribution is 0.0893. The lowest BCUT2D eigenvalue weighted by atomic mass is 10.0. The zero-order chi connectivity index (χ0) is 18.1. The monoisotopic (exact) mass is 348 g/mol. The lowest BCUT2D eigenvalue weighted by Gasteiger charge is -2.33. The molecule has 25 heavy (non-hydrogen) atoms. The summed E-state index contributed by atoms with van der Waals surface area (Å²) in [6, 6.07) is 7.66. The second kappa shape index (κ2) is 10.4. The Labute approximate surface area is 151 Å². The van der Waals surface area contributed by atoms with Crippen LogP contribution in [0.15, 0.2) is 24.3 Å². The first kappa shape index (κ1) is 19.7. The number of carbonyl (C=O) groups is 1. The van der Waals surface area contributed by atoms with Crippen LogP contribution in [0.4, 0.5) is 0 Å². The SMILES string of the molecule is CCOCCOc1ccccc1C(=O)NC1CCN(CC(C)C)CC1. The number of nitrogens with one attached hydrogen (secondary N) is 1. The minimum Gasteiger partial charge on any atom is -0.490 e. The molecule has 1 aromatic rings. The molecule has 2 rings (SSSR count). The summed E-state index contributed by atoms with van der Waals surface area (Å²) in [5.74, 6) is 1.26. The number of rotatable bonds is 9. The van der Waals surface area contributed by atoms with Crippen LogP contribution in [0.25, 0.3) is 0 Å². The van der Waals surface area contributed by atoms with Gasteiger partial charge >= 0.3 is 0 Å². The molecule has 1 aliphatic heterocycles. The maximum Gasteiger partial charge on any atom is 0.255 e. The molecule has 0 bridgehead atoms. The van der Waals surface area contributed by atoms with Crippen LogP contribution in [0, 0.1) is 5.92 Å². The van der Waals surface area contributed by atoms with Crippen LogP contribution < -0.4 is 10.1 Å². The van der Waals surface area contributed by atoms with Crippen LogP contribution in [-0.4, -0.2) is 56.3 Å². The van der Waals surface area contributed by atoms with Crippen molar-refractivity contribution in [3.05, 3.63) is 29.8 Å². The topological polar surface area (TPSA) is 50.8 Å². The summed E-state index contributed by atoms with van der Waals surface area (Å²) in [6.07, 6.45) is 2.01. The first-order chi connectivity index (χ1) is 12.1. The van der Waals surface area contributed by atoms with E-state index in [1.54, 1.807) is 0 Å². The first-order valence-electron chi connectivity index (χ1n) is 9.43. The maximum atomic E-state index is 12.6. The second-order valence-electron chi connectivity index (χ2n) is 6.98. The molecule has 0 aliphatic carbocycles. The minimum atomic E-state index is -0.0469. The van der Waals surface area contributed by atoms with Crippen molar-refractivity contribution < 1.29 is 14.3 Å². The average Bonchev–Trinajstić information content (AvgIpc) is 2.60. The van der Waals surface area contributed by atoms with Crippen LogP contribution in [0.1, 0.15) is 44.0 Å². The Morgan fingerprint density at radius 3 is 2.64 bits per heavy atom. The van der Waals surface area contributed by atoms with E-state index in [1.165, 1.54) is 0 Å². The van der Waals surface area contributed by atoms with Crippen molar-refractivity contribution in [2.45, 2.75) is 39.7 Å². The summed E-state index contributed by atoms with van der Waals surface area (Å²) in [6.45, 7) is 11.3. The van der Waals surface area contributed by atoms with E-state index in [2.05, 4.69) is 24.1 Å². The van der Waals surface area contributed by atoms with Gasteiger partial charge in [-0.25, -0.2) is 0 Å². The summed E-state index contributed by atoms with van der Waals surface area (Å²) in [5, 5.41) is 3.17. The molecule has 1 aromatic carbocycles. The molecule has 0 spiro atoms. The Balaban J connectivity index is 1.84. The van der Waals surface area contributed by atoms with Gasteiger partial charge in [0.25, 0.3) is 5.91 Å². The zero-order valence-electron chi connectivity index (χ0n) is 15.8. The smallest absolute Gasteiger partial charge is 0.255 e. The zero-order valence-corrected chi connectivity index (χ0v) is 15.8.